The Bertz CT molecular complexity index is 1270. The largest absolute Gasteiger partial charge is 0.497 e. The van der Waals surface area contributed by atoms with E-state index in [0.717, 1.165) is 5.56 Å². The van der Waals surface area contributed by atoms with Crippen LogP contribution in [0, 0.1) is 0 Å². The van der Waals surface area contributed by atoms with E-state index in [0.29, 0.717) is 23.5 Å². The summed E-state index contributed by atoms with van der Waals surface area (Å²) in [5.41, 5.74) is 1.97. The standard InChI is InChI=1S/C26H26N2O6S/c1-28(18-21-6-4-3-5-7-21)25(29)19-34-26(30)17-10-20-8-15-24(16-9-20)35(31,32)27-22-11-13-23(33-2)14-12-22/h3-17,27H,18-19H2,1-2H3/b17-10+. The van der Waals surface area contributed by atoms with E-state index >= 15 is 0 Å². The van der Waals surface area contributed by atoms with E-state index in [2.05, 4.69) is 4.72 Å². The van der Waals surface area contributed by atoms with Gasteiger partial charge in [0, 0.05) is 25.4 Å². The van der Waals surface area contributed by atoms with Crippen LogP contribution >= 0.6 is 0 Å². The van der Waals surface area contributed by atoms with Gasteiger partial charge in [0.1, 0.15) is 5.75 Å². The zero-order chi connectivity index (χ0) is 25.3. The fourth-order valence-electron chi connectivity index (χ4n) is 3.03. The van der Waals surface area contributed by atoms with Crippen molar-refractivity contribution >= 4 is 33.7 Å². The third-order valence-electron chi connectivity index (χ3n) is 4.97. The quantitative estimate of drug-likeness (QED) is 0.341. The molecule has 3 aromatic carbocycles. The predicted octanol–water partition coefficient (Wildman–Crippen LogP) is 3.71. The summed E-state index contributed by atoms with van der Waals surface area (Å²) in [4.78, 5) is 25.7. The summed E-state index contributed by atoms with van der Waals surface area (Å²) < 4.78 is 37.7. The van der Waals surface area contributed by atoms with Crippen molar-refractivity contribution in [3.63, 3.8) is 0 Å². The molecule has 0 spiro atoms. The number of carbonyl (C=O) groups excluding carboxylic acids is 2. The van der Waals surface area contributed by atoms with Crippen molar-refractivity contribution in [3.05, 3.63) is 96.1 Å². The molecule has 0 aliphatic carbocycles. The lowest BCUT2D eigenvalue weighted by atomic mass is 10.2. The second kappa shape index (κ2) is 11.8. The van der Waals surface area contributed by atoms with Gasteiger partial charge >= 0.3 is 5.97 Å². The molecule has 0 fully saturated rings. The summed E-state index contributed by atoms with van der Waals surface area (Å²) >= 11 is 0. The first-order chi connectivity index (χ1) is 16.8. The number of esters is 1. The molecule has 182 valence electrons. The lowest BCUT2D eigenvalue weighted by Crippen LogP contribution is -2.30. The number of rotatable bonds is 10. The summed E-state index contributed by atoms with van der Waals surface area (Å²) in [5.74, 6) is -0.384. The van der Waals surface area contributed by atoms with Gasteiger partial charge in [-0.05, 0) is 53.6 Å². The Balaban J connectivity index is 1.50. The number of benzene rings is 3. The van der Waals surface area contributed by atoms with E-state index < -0.39 is 16.0 Å². The molecule has 0 aliphatic heterocycles. The molecule has 8 nitrogen and oxygen atoms in total. The van der Waals surface area contributed by atoms with Crippen LogP contribution in [0.15, 0.2) is 89.8 Å². The van der Waals surface area contributed by atoms with Crippen molar-refractivity contribution in [2.45, 2.75) is 11.4 Å². The average molecular weight is 495 g/mol. The van der Waals surface area contributed by atoms with E-state index in [4.69, 9.17) is 9.47 Å². The molecule has 0 unspecified atom stereocenters. The van der Waals surface area contributed by atoms with Crippen LogP contribution in [-0.4, -0.2) is 46.0 Å². The molecular formula is C26H26N2O6S. The highest BCUT2D eigenvalue weighted by molar-refractivity contribution is 7.92. The van der Waals surface area contributed by atoms with Crippen molar-refractivity contribution in [3.8, 4) is 5.75 Å². The predicted molar refractivity (Wildman–Crippen MR) is 133 cm³/mol. The van der Waals surface area contributed by atoms with E-state index in [1.165, 1.54) is 36.3 Å². The maximum Gasteiger partial charge on any atom is 0.331 e. The molecule has 0 atom stereocenters. The molecule has 35 heavy (non-hydrogen) atoms. The van der Waals surface area contributed by atoms with Crippen molar-refractivity contribution < 1.29 is 27.5 Å². The zero-order valence-corrected chi connectivity index (χ0v) is 20.2. The fraction of sp³-hybridized carbons (Fsp3) is 0.154. The van der Waals surface area contributed by atoms with Crippen LogP contribution in [0.1, 0.15) is 11.1 Å². The SMILES string of the molecule is COc1ccc(NS(=O)(=O)c2ccc(/C=C/C(=O)OCC(=O)N(C)Cc3ccccc3)cc2)cc1. The van der Waals surface area contributed by atoms with Crippen molar-refractivity contribution in [2.75, 3.05) is 25.5 Å². The first-order valence-electron chi connectivity index (χ1n) is 10.7. The minimum absolute atomic E-state index is 0.0695. The topological polar surface area (TPSA) is 102 Å². The molecule has 0 aliphatic rings. The first-order valence-corrected chi connectivity index (χ1v) is 12.1. The fourth-order valence-corrected chi connectivity index (χ4v) is 4.09. The van der Waals surface area contributed by atoms with Crippen molar-refractivity contribution in [2.24, 2.45) is 0 Å². The van der Waals surface area contributed by atoms with E-state index in [1.807, 2.05) is 30.3 Å². The van der Waals surface area contributed by atoms with Crippen LogP contribution in [0.2, 0.25) is 0 Å². The molecule has 0 saturated heterocycles. The molecule has 1 N–H and O–H groups in total. The summed E-state index contributed by atoms with van der Waals surface area (Å²) in [5, 5.41) is 0. The Morgan fingerprint density at radius 1 is 0.943 bits per heavy atom. The van der Waals surface area contributed by atoms with Gasteiger partial charge in [0.05, 0.1) is 12.0 Å². The Labute approximate surface area is 204 Å². The number of hydrogen-bond acceptors (Lipinski definition) is 6. The molecule has 9 heteroatoms. The first kappa shape index (κ1) is 25.5. The van der Waals surface area contributed by atoms with E-state index in [1.54, 1.807) is 43.4 Å². The number of sulfonamides is 1. The third-order valence-corrected chi connectivity index (χ3v) is 6.37. The molecule has 3 rings (SSSR count). The van der Waals surface area contributed by atoms with Crippen LogP contribution in [0.5, 0.6) is 5.75 Å². The molecule has 0 saturated carbocycles. The van der Waals surface area contributed by atoms with Gasteiger partial charge in [-0.3, -0.25) is 9.52 Å². The lowest BCUT2D eigenvalue weighted by Gasteiger charge is -2.16. The molecular weight excluding hydrogens is 468 g/mol. The third kappa shape index (κ3) is 7.72. The second-order valence-corrected chi connectivity index (χ2v) is 9.26. The highest BCUT2D eigenvalue weighted by atomic mass is 32.2. The van der Waals surface area contributed by atoms with Gasteiger partial charge in [-0.25, -0.2) is 13.2 Å². The Morgan fingerprint density at radius 2 is 1.60 bits per heavy atom. The van der Waals surface area contributed by atoms with E-state index in [-0.39, 0.29) is 17.4 Å². The number of nitrogens with zero attached hydrogens (tertiary/aromatic N) is 1. The number of likely N-dealkylation sites (N-methyl/N-ethyl adjacent to an activating group) is 1. The molecule has 1 amide bonds. The van der Waals surface area contributed by atoms with E-state index in [9.17, 15) is 18.0 Å². The van der Waals surface area contributed by atoms with Gasteiger partial charge in [0.2, 0.25) is 0 Å². The molecule has 0 heterocycles. The maximum absolute atomic E-state index is 12.6. The molecule has 3 aromatic rings. The van der Waals surface area contributed by atoms with Gasteiger partial charge in [0.15, 0.2) is 6.61 Å². The number of ether oxygens (including phenoxy) is 2. The van der Waals surface area contributed by atoms with Crippen LogP contribution in [0.3, 0.4) is 0 Å². The van der Waals surface area contributed by atoms with Gasteiger partial charge < -0.3 is 14.4 Å². The molecule has 0 radical (unpaired) electrons. The average Bonchev–Trinajstić information content (AvgIpc) is 2.87. The normalized spacial score (nSPS) is 11.1. The Hall–Kier alpha value is -4.11. The number of hydrogen-bond donors (Lipinski definition) is 1. The zero-order valence-electron chi connectivity index (χ0n) is 19.4. The summed E-state index contributed by atoms with van der Waals surface area (Å²) in [6.07, 6.45) is 2.66. The minimum Gasteiger partial charge on any atom is -0.497 e. The summed E-state index contributed by atoms with van der Waals surface area (Å²) in [6, 6.07) is 22.0. The minimum atomic E-state index is -3.78. The highest BCUT2D eigenvalue weighted by Crippen LogP contribution is 2.20. The van der Waals surface area contributed by atoms with Gasteiger partial charge in [-0.2, -0.15) is 0 Å². The number of carbonyl (C=O) groups is 2. The number of amides is 1. The van der Waals surface area contributed by atoms with Crippen LogP contribution in [0.4, 0.5) is 5.69 Å². The number of anilines is 1. The number of methoxy groups -OCH3 is 1. The monoisotopic (exact) mass is 494 g/mol. The Morgan fingerprint density at radius 3 is 2.23 bits per heavy atom. The van der Waals surface area contributed by atoms with Gasteiger partial charge in [-0.15, -0.1) is 0 Å². The molecule has 0 bridgehead atoms. The van der Waals surface area contributed by atoms with Crippen LogP contribution in [0.25, 0.3) is 6.08 Å². The smallest absolute Gasteiger partial charge is 0.331 e. The van der Waals surface area contributed by atoms with Crippen LogP contribution in [-0.2, 0) is 30.9 Å². The Kier molecular flexibility index (Phi) is 8.63. The maximum atomic E-state index is 12.6. The highest BCUT2D eigenvalue weighted by Gasteiger charge is 2.14. The van der Waals surface area contributed by atoms with Crippen molar-refractivity contribution in [1.29, 1.82) is 0 Å². The van der Waals surface area contributed by atoms with Gasteiger partial charge in [0.25, 0.3) is 15.9 Å². The second-order valence-electron chi connectivity index (χ2n) is 7.58. The van der Waals surface area contributed by atoms with Crippen LogP contribution < -0.4 is 9.46 Å². The number of nitrogens with one attached hydrogen (secondary N) is 1. The summed E-state index contributed by atoms with van der Waals surface area (Å²) in [7, 11) is -0.614. The lowest BCUT2D eigenvalue weighted by molar-refractivity contribution is -0.147. The summed E-state index contributed by atoms with van der Waals surface area (Å²) in [6.45, 7) is 0.0381. The molecule has 0 aromatic heterocycles. The van der Waals surface area contributed by atoms with Crippen molar-refractivity contribution in [1.82, 2.24) is 4.90 Å². The van der Waals surface area contributed by atoms with Gasteiger partial charge in [-0.1, -0.05) is 42.5 Å².